The maximum absolute atomic E-state index is 13.2. The van der Waals surface area contributed by atoms with E-state index in [9.17, 15) is 41.3 Å². The van der Waals surface area contributed by atoms with Crippen LogP contribution in [-0.4, -0.2) is 37.9 Å². The molecule has 1 fully saturated rings. The molecule has 0 heterocycles. The molecule has 0 unspecified atom stereocenters. The van der Waals surface area contributed by atoms with E-state index in [1.807, 2.05) is 5.32 Å². The first-order chi connectivity index (χ1) is 15.4. The normalized spacial score (nSPS) is 13.9. The van der Waals surface area contributed by atoms with E-state index in [-0.39, 0.29) is 22.6 Å². The lowest BCUT2D eigenvalue weighted by atomic mass is 10.1. The molecule has 0 aliphatic heterocycles. The van der Waals surface area contributed by atoms with Crippen molar-refractivity contribution in [1.29, 1.82) is 0 Å². The molecule has 1 saturated carbocycles. The molecule has 10 nitrogen and oxygen atoms in total. The summed E-state index contributed by atoms with van der Waals surface area (Å²) in [6, 6.07) is 6.35. The molecule has 1 aliphatic carbocycles. The number of anilines is 1. The number of hydrogen-bond acceptors (Lipinski definition) is 7. The Morgan fingerprint density at radius 2 is 1.76 bits per heavy atom. The predicted octanol–water partition coefficient (Wildman–Crippen LogP) is 2.85. The van der Waals surface area contributed by atoms with Crippen LogP contribution in [-0.2, 0) is 25.7 Å². The van der Waals surface area contributed by atoms with Crippen molar-refractivity contribution in [3.05, 3.63) is 63.7 Å². The fourth-order valence-electron chi connectivity index (χ4n) is 2.65. The zero-order valence-corrected chi connectivity index (χ0v) is 17.4. The number of rotatable bonds is 8. The van der Waals surface area contributed by atoms with Gasteiger partial charge in [0.15, 0.2) is 6.61 Å². The highest BCUT2D eigenvalue weighted by molar-refractivity contribution is 7.89. The smallest absolute Gasteiger partial charge is 0.418 e. The maximum Gasteiger partial charge on any atom is 0.418 e. The lowest BCUT2D eigenvalue weighted by Crippen LogP contribution is -2.25. The minimum absolute atomic E-state index is 0.0680. The fraction of sp³-hybridized carbons (Fsp3) is 0.263. The van der Waals surface area contributed by atoms with Crippen molar-refractivity contribution in [2.24, 2.45) is 0 Å². The van der Waals surface area contributed by atoms with E-state index in [0.717, 1.165) is 25.0 Å². The Balaban J connectivity index is 1.62. The third kappa shape index (κ3) is 6.26. The van der Waals surface area contributed by atoms with E-state index < -0.39 is 56.5 Å². The number of alkyl halides is 3. The van der Waals surface area contributed by atoms with E-state index in [0.29, 0.717) is 0 Å². The number of hydrogen-bond donors (Lipinski definition) is 2. The largest absolute Gasteiger partial charge is 0.452 e. The molecule has 14 heteroatoms. The molecule has 0 saturated heterocycles. The Hall–Kier alpha value is -3.52. The van der Waals surface area contributed by atoms with Gasteiger partial charge in [0.2, 0.25) is 10.0 Å². The van der Waals surface area contributed by atoms with Crippen molar-refractivity contribution in [2.45, 2.75) is 30.0 Å². The molecule has 1 aliphatic rings. The van der Waals surface area contributed by atoms with E-state index in [2.05, 4.69) is 4.72 Å². The summed E-state index contributed by atoms with van der Waals surface area (Å²) in [5, 5.41) is 12.6. The minimum atomic E-state index is -4.98. The van der Waals surface area contributed by atoms with Gasteiger partial charge in [0.25, 0.3) is 11.6 Å². The summed E-state index contributed by atoms with van der Waals surface area (Å²) in [5.41, 5.74) is -3.08. The van der Waals surface area contributed by atoms with E-state index in [1.54, 1.807) is 0 Å². The monoisotopic (exact) mass is 487 g/mol. The number of amides is 1. The number of ether oxygens (including phenoxy) is 1. The number of non-ortho nitro benzene ring substituents is 1. The highest BCUT2D eigenvalue weighted by Crippen LogP contribution is 2.37. The molecule has 0 atom stereocenters. The Morgan fingerprint density at radius 3 is 2.30 bits per heavy atom. The van der Waals surface area contributed by atoms with Gasteiger partial charge in [-0.1, -0.05) is 0 Å². The van der Waals surface area contributed by atoms with Gasteiger partial charge in [-0.3, -0.25) is 14.9 Å². The maximum atomic E-state index is 13.2. The van der Waals surface area contributed by atoms with Crippen LogP contribution in [0.2, 0.25) is 0 Å². The molecule has 2 aromatic carbocycles. The summed E-state index contributed by atoms with van der Waals surface area (Å²) >= 11 is 0. The molecule has 0 radical (unpaired) electrons. The number of nitrogens with one attached hydrogen (secondary N) is 2. The van der Waals surface area contributed by atoms with E-state index in [4.69, 9.17) is 4.74 Å². The number of benzene rings is 2. The second-order valence-corrected chi connectivity index (χ2v) is 8.74. The highest BCUT2D eigenvalue weighted by Gasteiger charge is 2.35. The van der Waals surface area contributed by atoms with Crippen molar-refractivity contribution in [3.8, 4) is 0 Å². The number of carbonyl (C=O) groups is 2. The Bertz CT molecular complexity index is 1190. The quantitative estimate of drug-likeness (QED) is 0.331. The van der Waals surface area contributed by atoms with Crippen molar-refractivity contribution in [1.82, 2.24) is 4.72 Å². The Morgan fingerprint density at radius 1 is 1.12 bits per heavy atom. The van der Waals surface area contributed by atoms with Crippen LogP contribution >= 0.6 is 0 Å². The molecule has 1 amide bonds. The summed E-state index contributed by atoms with van der Waals surface area (Å²) < 4.78 is 70.9. The van der Waals surface area contributed by atoms with Crippen LogP contribution in [0.15, 0.2) is 47.4 Å². The molecule has 0 aromatic heterocycles. The first-order valence-electron chi connectivity index (χ1n) is 9.32. The standard InChI is InChI=1S/C19H16F3N3O7S/c20-19(21,22)15-9-13(25(28)29)5-8-16(15)23-17(26)10-32-18(27)11-1-6-14(7-2-11)33(30,31)24-12-3-4-12/h1-2,5-9,12,24H,3-4,10H2,(H,23,26). The first-order valence-corrected chi connectivity index (χ1v) is 10.8. The lowest BCUT2D eigenvalue weighted by Gasteiger charge is -2.13. The van der Waals surface area contributed by atoms with Crippen molar-refractivity contribution in [3.63, 3.8) is 0 Å². The van der Waals surface area contributed by atoms with Crippen LogP contribution in [0.5, 0.6) is 0 Å². The van der Waals surface area contributed by atoms with Gasteiger partial charge in [-0.25, -0.2) is 17.9 Å². The molecule has 2 N–H and O–H groups in total. The van der Waals surface area contributed by atoms with Gasteiger partial charge in [-0.15, -0.1) is 0 Å². The van der Waals surface area contributed by atoms with Crippen LogP contribution < -0.4 is 10.0 Å². The first kappa shape index (κ1) is 24.1. The van der Waals surface area contributed by atoms with Crippen LogP contribution in [0.25, 0.3) is 0 Å². The molecular weight excluding hydrogens is 471 g/mol. The van der Waals surface area contributed by atoms with Gasteiger partial charge in [0.1, 0.15) is 0 Å². The van der Waals surface area contributed by atoms with Gasteiger partial charge in [0.05, 0.1) is 26.6 Å². The zero-order chi connectivity index (χ0) is 24.4. The number of nitro groups is 1. The van der Waals surface area contributed by atoms with Gasteiger partial charge in [-0.2, -0.15) is 13.2 Å². The third-order valence-corrected chi connectivity index (χ3v) is 5.96. The van der Waals surface area contributed by atoms with Crippen LogP contribution in [0.1, 0.15) is 28.8 Å². The minimum Gasteiger partial charge on any atom is -0.452 e. The number of halogens is 3. The number of nitro benzene ring substituents is 1. The molecule has 3 rings (SSSR count). The van der Waals surface area contributed by atoms with Gasteiger partial charge < -0.3 is 10.1 Å². The van der Waals surface area contributed by atoms with Gasteiger partial charge in [0, 0.05) is 18.2 Å². The molecule has 33 heavy (non-hydrogen) atoms. The number of carbonyl (C=O) groups excluding carboxylic acids is 2. The second kappa shape index (κ2) is 9.15. The number of nitrogens with zero attached hydrogens (tertiary/aromatic N) is 1. The van der Waals surface area contributed by atoms with Crippen LogP contribution in [0.4, 0.5) is 24.5 Å². The van der Waals surface area contributed by atoms with Gasteiger partial charge in [-0.05, 0) is 43.2 Å². The summed E-state index contributed by atoms with van der Waals surface area (Å²) in [6.45, 7) is -0.948. The van der Waals surface area contributed by atoms with Crippen LogP contribution in [0, 0.1) is 10.1 Å². The van der Waals surface area contributed by atoms with Crippen molar-refractivity contribution < 1.29 is 40.8 Å². The summed E-state index contributed by atoms with van der Waals surface area (Å²) in [4.78, 5) is 33.7. The van der Waals surface area contributed by atoms with E-state index >= 15 is 0 Å². The average Bonchev–Trinajstić information content (AvgIpc) is 3.54. The summed E-state index contributed by atoms with van der Waals surface area (Å²) in [5.74, 6) is -2.13. The number of sulfonamides is 1. The fourth-order valence-corrected chi connectivity index (χ4v) is 3.95. The lowest BCUT2D eigenvalue weighted by molar-refractivity contribution is -0.385. The average molecular weight is 487 g/mol. The van der Waals surface area contributed by atoms with Crippen molar-refractivity contribution in [2.75, 3.05) is 11.9 Å². The summed E-state index contributed by atoms with van der Waals surface area (Å²) in [7, 11) is -3.72. The topological polar surface area (TPSA) is 145 Å². The zero-order valence-electron chi connectivity index (χ0n) is 16.6. The molecule has 0 spiro atoms. The summed E-state index contributed by atoms with van der Waals surface area (Å²) in [6.07, 6.45) is -3.49. The molecule has 2 aromatic rings. The Labute approximate surface area is 184 Å². The van der Waals surface area contributed by atoms with Gasteiger partial charge >= 0.3 is 12.1 Å². The Kier molecular flexibility index (Phi) is 6.69. The molecule has 176 valence electrons. The SMILES string of the molecule is O=C(COC(=O)c1ccc(S(=O)(=O)NC2CC2)cc1)Nc1ccc([N+](=O)[O-])cc1C(F)(F)F. The highest BCUT2D eigenvalue weighted by atomic mass is 32.2. The number of esters is 1. The van der Waals surface area contributed by atoms with Crippen molar-refractivity contribution >= 4 is 33.3 Å². The molecule has 0 bridgehead atoms. The van der Waals surface area contributed by atoms with Crippen LogP contribution in [0.3, 0.4) is 0 Å². The second-order valence-electron chi connectivity index (χ2n) is 7.03. The predicted molar refractivity (Wildman–Crippen MR) is 107 cm³/mol. The molecular formula is C19H16F3N3O7S. The van der Waals surface area contributed by atoms with E-state index in [1.165, 1.54) is 24.3 Å². The third-order valence-electron chi connectivity index (χ3n) is 4.43.